The average Bonchev–Trinajstić information content (AvgIpc) is 3.19. The molecule has 8 nitrogen and oxygen atoms in total. The maximum Gasteiger partial charge on any atom is 0.322 e. The molecular formula is C13H13N5O3. The largest absolute Gasteiger partial charge is 0.459 e. The average molecular weight is 287 g/mol. The Hall–Kier alpha value is -2.90. The molecule has 0 aromatic carbocycles. The zero-order valence-corrected chi connectivity index (χ0v) is 11.5. The minimum absolute atomic E-state index is 0.00269. The molecule has 0 bridgehead atoms. The first kappa shape index (κ1) is 13.1. The molecule has 0 atom stereocenters. The second-order valence-corrected chi connectivity index (χ2v) is 4.60. The van der Waals surface area contributed by atoms with Gasteiger partial charge >= 0.3 is 6.01 Å². The summed E-state index contributed by atoms with van der Waals surface area (Å²) < 4.78 is 12.2. The first-order valence-electron chi connectivity index (χ1n) is 6.37. The molecule has 0 fully saturated rings. The first-order valence-corrected chi connectivity index (χ1v) is 6.37. The number of aromatic nitrogens is 4. The van der Waals surface area contributed by atoms with Crippen LogP contribution in [0.2, 0.25) is 0 Å². The van der Waals surface area contributed by atoms with Crippen LogP contribution in [0.4, 0.5) is 6.01 Å². The first-order chi connectivity index (χ1) is 10.1. The number of nitrogens with zero attached hydrogens (tertiary/aromatic N) is 4. The number of carbonyl (C=O) groups is 1. The Kier molecular flexibility index (Phi) is 3.27. The molecule has 0 aliphatic carbocycles. The molecule has 3 aromatic rings. The van der Waals surface area contributed by atoms with E-state index in [1.807, 2.05) is 13.8 Å². The molecule has 3 aromatic heterocycles. The van der Waals surface area contributed by atoms with Crippen molar-refractivity contribution in [2.45, 2.75) is 19.9 Å². The highest BCUT2D eigenvalue weighted by Gasteiger charge is 2.17. The van der Waals surface area contributed by atoms with Gasteiger partial charge in [-0.3, -0.25) is 14.8 Å². The van der Waals surface area contributed by atoms with Crippen LogP contribution < -0.4 is 5.32 Å². The van der Waals surface area contributed by atoms with Gasteiger partial charge in [-0.25, -0.2) is 0 Å². The van der Waals surface area contributed by atoms with Crippen LogP contribution in [-0.4, -0.2) is 25.9 Å². The van der Waals surface area contributed by atoms with Crippen LogP contribution in [0, 0.1) is 0 Å². The third-order valence-corrected chi connectivity index (χ3v) is 2.77. The van der Waals surface area contributed by atoms with Crippen LogP contribution in [0.5, 0.6) is 0 Å². The molecule has 21 heavy (non-hydrogen) atoms. The standard InChI is InChI=1S/C13H13N5O3/c1-8(2)18-9(5-6-14-18)12-16-17-13(21-12)15-11(19)10-4-3-7-20-10/h3-8H,1-2H3,(H,15,17,19). The highest BCUT2D eigenvalue weighted by atomic mass is 16.4. The summed E-state index contributed by atoms with van der Waals surface area (Å²) in [7, 11) is 0. The fourth-order valence-electron chi connectivity index (χ4n) is 1.84. The van der Waals surface area contributed by atoms with Crippen LogP contribution in [0.1, 0.15) is 30.4 Å². The topological polar surface area (TPSA) is 99.0 Å². The lowest BCUT2D eigenvalue weighted by Gasteiger charge is -2.07. The van der Waals surface area contributed by atoms with E-state index < -0.39 is 5.91 Å². The van der Waals surface area contributed by atoms with Gasteiger partial charge in [-0.2, -0.15) is 5.10 Å². The zero-order chi connectivity index (χ0) is 14.8. The zero-order valence-electron chi connectivity index (χ0n) is 11.5. The number of anilines is 1. The molecule has 0 spiro atoms. The van der Waals surface area contributed by atoms with Gasteiger partial charge in [-0.1, -0.05) is 5.10 Å². The highest BCUT2D eigenvalue weighted by Crippen LogP contribution is 2.22. The van der Waals surface area contributed by atoms with Crippen molar-refractivity contribution in [3.8, 4) is 11.6 Å². The number of furan rings is 1. The number of rotatable bonds is 4. The van der Waals surface area contributed by atoms with E-state index in [9.17, 15) is 4.79 Å². The van der Waals surface area contributed by atoms with E-state index in [0.717, 1.165) is 0 Å². The maximum absolute atomic E-state index is 11.8. The van der Waals surface area contributed by atoms with Crippen molar-refractivity contribution in [3.63, 3.8) is 0 Å². The Bertz CT molecular complexity index is 742. The van der Waals surface area contributed by atoms with Crippen molar-refractivity contribution >= 4 is 11.9 Å². The van der Waals surface area contributed by atoms with Gasteiger partial charge in [0.05, 0.1) is 6.26 Å². The van der Waals surface area contributed by atoms with Crippen LogP contribution in [0.25, 0.3) is 11.6 Å². The van der Waals surface area contributed by atoms with Crippen molar-refractivity contribution in [2.24, 2.45) is 0 Å². The van der Waals surface area contributed by atoms with E-state index >= 15 is 0 Å². The maximum atomic E-state index is 11.8. The molecule has 3 rings (SSSR count). The summed E-state index contributed by atoms with van der Waals surface area (Å²) in [4.78, 5) is 11.8. The molecule has 0 aliphatic heterocycles. The quantitative estimate of drug-likeness (QED) is 0.790. The van der Waals surface area contributed by atoms with Crippen LogP contribution in [0.3, 0.4) is 0 Å². The van der Waals surface area contributed by atoms with E-state index in [1.54, 1.807) is 29.1 Å². The summed E-state index contributed by atoms with van der Waals surface area (Å²) in [5.41, 5.74) is 0.691. The lowest BCUT2D eigenvalue weighted by molar-refractivity contribution is 0.0994. The minimum Gasteiger partial charge on any atom is -0.459 e. The van der Waals surface area contributed by atoms with Crippen molar-refractivity contribution in [2.75, 3.05) is 5.32 Å². The second-order valence-electron chi connectivity index (χ2n) is 4.60. The smallest absolute Gasteiger partial charge is 0.322 e. The summed E-state index contributed by atoms with van der Waals surface area (Å²) >= 11 is 0. The predicted molar refractivity (Wildman–Crippen MR) is 72.6 cm³/mol. The number of amides is 1. The van der Waals surface area contributed by atoms with Gasteiger partial charge in [0, 0.05) is 12.2 Å². The summed E-state index contributed by atoms with van der Waals surface area (Å²) in [6.45, 7) is 3.99. The predicted octanol–water partition coefficient (Wildman–Crippen LogP) is 2.36. The fraction of sp³-hybridized carbons (Fsp3) is 0.231. The summed E-state index contributed by atoms with van der Waals surface area (Å²) in [5, 5.41) is 14.4. The molecule has 0 saturated heterocycles. The van der Waals surface area contributed by atoms with E-state index in [2.05, 4.69) is 20.6 Å². The summed E-state index contributed by atoms with van der Waals surface area (Å²) in [6.07, 6.45) is 3.07. The van der Waals surface area contributed by atoms with Crippen molar-refractivity contribution in [1.82, 2.24) is 20.0 Å². The Balaban J connectivity index is 1.80. The van der Waals surface area contributed by atoms with Gasteiger partial charge in [-0.15, -0.1) is 5.10 Å². The van der Waals surface area contributed by atoms with Gasteiger partial charge in [0.1, 0.15) is 5.69 Å². The Morgan fingerprint density at radius 3 is 2.90 bits per heavy atom. The van der Waals surface area contributed by atoms with E-state index in [0.29, 0.717) is 5.69 Å². The number of carbonyl (C=O) groups excluding carboxylic acids is 1. The Morgan fingerprint density at radius 2 is 2.19 bits per heavy atom. The van der Waals surface area contributed by atoms with Gasteiger partial charge in [0.25, 0.3) is 11.8 Å². The lowest BCUT2D eigenvalue weighted by atomic mass is 10.3. The number of hydrogen-bond donors (Lipinski definition) is 1. The fourth-order valence-corrected chi connectivity index (χ4v) is 1.84. The monoisotopic (exact) mass is 287 g/mol. The molecule has 108 valence electrons. The molecule has 1 N–H and O–H groups in total. The summed E-state index contributed by atoms with van der Waals surface area (Å²) in [6, 6.07) is 5.09. The normalized spacial score (nSPS) is 11.0. The Labute approximate surface area is 119 Å². The molecular weight excluding hydrogens is 274 g/mol. The van der Waals surface area contributed by atoms with Crippen molar-refractivity contribution in [3.05, 3.63) is 36.4 Å². The van der Waals surface area contributed by atoms with E-state index in [-0.39, 0.29) is 23.7 Å². The van der Waals surface area contributed by atoms with Gasteiger partial charge in [0.2, 0.25) is 0 Å². The number of hydrogen-bond acceptors (Lipinski definition) is 6. The highest BCUT2D eigenvalue weighted by molar-refractivity contribution is 6.00. The molecule has 8 heteroatoms. The van der Waals surface area contributed by atoms with Crippen molar-refractivity contribution in [1.29, 1.82) is 0 Å². The number of nitrogens with one attached hydrogen (secondary N) is 1. The van der Waals surface area contributed by atoms with Crippen LogP contribution in [0.15, 0.2) is 39.5 Å². The third kappa shape index (κ3) is 2.55. The second kappa shape index (κ2) is 5.23. The Morgan fingerprint density at radius 1 is 1.33 bits per heavy atom. The van der Waals surface area contributed by atoms with Gasteiger partial charge in [-0.05, 0) is 32.0 Å². The van der Waals surface area contributed by atoms with E-state index in [4.69, 9.17) is 8.83 Å². The molecule has 0 saturated carbocycles. The molecule has 0 aliphatic rings. The molecule has 1 amide bonds. The van der Waals surface area contributed by atoms with E-state index in [1.165, 1.54) is 6.26 Å². The van der Waals surface area contributed by atoms with Gasteiger partial charge in [0.15, 0.2) is 5.76 Å². The van der Waals surface area contributed by atoms with Crippen LogP contribution >= 0.6 is 0 Å². The molecule has 0 radical (unpaired) electrons. The van der Waals surface area contributed by atoms with Gasteiger partial charge < -0.3 is 8.83 Å². The third-order valence-electron chi connectivity index (χ3n) is 2.77. The molecule has 3 heterocycles. The van der Waals surface area contributed by atoms with Crippen molar-refractivity contribution < 1.29 is 13.6 Å². The van der Waals surface area contributed by atoms with Crippen LogP contribution in [-0.2, 0) is 0 Å². The summed E-state index contributed by atoms with van der Waals surface area (Å²) in [5.74, 6) is 0.00508. The molecule has 0 unspecified atom stereocenters. The minimum atomic E-state index is -0.451. The lowest BCUT2D eigenvalue weighted by Crippen LogP contribution is -2.10. The SMILES string of the molecule is CC(C)n1nccc1-c1nnc(NC(=O)c2ccco2)o1.